The number of guanidine groups is 1. The lowest BCUT2D eigenvalue weighted by atomic mass is 10.2. The Hall–Kier alpha value is -1.13. The van der Waals surface area contributed by atoms with Crippen molar-refractivity contribution in [2.75, 3.05) is 52.0 Å². The minimum absolute atomic E-state index is 0. The number of nitrogens with zero attached hydrogens (tertiary/aromatic N) is 3. The molecule has 1 saturated heterocycles. The molecule has 0 bridgehead atoms. The molecule has 1 aliphatic rings. The molecule has 1 unspecified atom stereocenters. The average Bonchev–Trinajstić information content (AvgIpc) is 2.60. The molecular formula is C16H28IN5O2. The zero-order valence-corrected chi connectivity index (χ0v) is 16.9. The molecule has 1 aromatic heterocycles. The predicted molar refractivity (Wildman–Crippen MR) is 107 cm³/mol. The van der Waals surface area contributed by atoms with Crippen LogP contribution in [0.25, 0.3) is 0 Å². The molecule has 136 valence electrons. The number of nitrogens with one attached hydrogen (secondary N) is 2. The summed E-state index contributed by atoms with van der Waals surface area (Å²) in [6, 6.07) is 4.25. The van der Waals surface area contributed by atoms with Crippen molar-refractivity contribution < 1.29 is 9.47 Å². The third-order valence-corrected chi connectivity index (χ3v) is 3.65. The molecule has 0 saturated carbocycles. The van der Waals surface area contributed by atoms with Crippen LogP contribution in [-0.2, 0) is 16.0 Å². The monoisotopic (exact) mass is 449 g/mol. The predicted octanol–water partition coefficient (Wildman–Crippen LogP) is 1.24. The number of aromatic nitrogens is 1. The fraction of sp³-hybridized carbons (Fsp3) is 0.625. The van der Waals surface area contributed by atoms with Crippen molar-refractivity contribution in [3.8, 4) is 0 Å². The lowest BCUT2D eigenvalue weighted by molar-refractivity contribution is 0.122. The Morgan fingerprint density at radius 1 is 1.46 bits per heavy atom. The third kappa shape index (κ3) is 6.40. The van der Waals surface area contributed by atoms with E-state index >= 15 is 0 Å². The van der Waals surface area contributed by atoms with Crippen LogP contribution < -0.4 is 15.5 Å². The number of ether oxygens (including phenoxy) is 2. The number of pyridine rings is 1. The quantitative estimate of drug-likeness (QED) is 0.387. The zero-order valence-electron chi connectivity index (χ0n) is 14.6. The number of rotatable bonds is 6. The second-order valence-electron chi connectivity index (χ2n) is 5.51. The molecular weight excluding hydrogens is 421 g/mol. The van der Waals surface area contributed by atoms with Crippen LogP contribution in [0.3, 0.4) is 0 Å². The van der Waals surface area contributed by atoms with Crippen LogP contribution >= 0.6 is 24.0 Å². The van der Waals surface area contributed by atoms with Gasteiger partial charge in [-0.3, -0.25) is 4.99 Å². The minimum atomic E-state index is 0. The number of halogens is 1. The fourth-order valence-corrected chi connectivity index (χ4v) is 2.53. The number of anilines is 1. The van der Waals surface area contributed by atoms with E-state index in [2.05, 4.69) is 38.5 Å². The molecule has 0 radical (unpaired) electrons. The molecule has 0 aliphatic carbocycles. The Balaban J connectivity index is 0.00000288. The van der Waals surface area contributed by atoms with Gasteiger partial charge in [0.15, 0.2) is 5.96 Å². The molecule has 0 amide bonds. The van der Waals surface area contributed by atoms with Crippen molar-refractivity contribution >= 4 is 35.8 Å². The van der Waals surface area contributed by atoms with E-state index in [1.807, 2.05) is 12.3 Å². The van der Waals surface area contributed by atoms with Crippen molar-refractivity contribution in [3.63, 3.8) is 0 Å². The van der Waals surface area contributed by atoms with Crippen LogP contribution in [0.1, 0.15) is 12.5 Å². The zero-order chi connectivity index (χ0) is 16.5. The van der Waals surface area contributed by atoms with Crippen LogP contribution in [0.15, 0.2) is 23.3 Å². The van der Waals surface area contributed by atoms with Crippen molar-refractivity contribution in [3.05, 3.63) is 23.9 Å². The van der Waals surface area contributed by atoms with Gasteiger partial charge in [-0.25, -0.2) is 4.98 Å². The van der Waals surface area contributed by atoms with E-state index < -0.39 is 0 Å². The van der Waals surface area contributed by atoms with E-state index in [1.165, 1.54) is 0 Å². The highest BCUT2D eigenvalue weighted by molar-refractivity contribution is 14.0. The van der Waals surface area contributed by atoms with Crippen LogP contribution in [0, 0.1) is 0 Å². The van der Waals surface area contributed by atoms with Gasteiger partial charge in [0.1, 0.15) is 5.82 Å². The topological polar surface area (TPSA) is 71.0 Å². The maximum absolute atomic E-state index is 5.42. The molecule has 1 atom stereocenters. The third-order valence-electron chi connectivity index (χ3n) is 3.65. The number of hydrogen-bond donors (Lipinski definition) is 2. The maximum Gasteiger partial charge on any atom is 0.191 e. The smallest absolute Gasteiger partial charge is 0.191 e. The summed E-state index contributed by atoms with van der Waals surface area (Å²) in [4.78, 5) is 11.1. The van der Waals surface area contributed by atoms with Gasteiger partial charge in [-0.15, -0.1) is 24.0 Å². The van der Waals surface area contributed by atoms with E-state index in [1.54, 1.807) is 14.2 Å². The van der Waals surface area contributed by atoms with Crippen LogP contribution in [0.5, 0.6) is 0 Å². The molecule has 8 heteroatoms. The van der Waals surface area contributed by atoms with Gasteiger partial charge in [0, 0.05) is 51.6 Å². The first-order valence-electron chi connectivity index (χ1n) is 7.97. The molecule has 1 fully saturated rings. The number of morpholine rings is 1. The molecule has 2 heterocycles. The Morgan fingerprint density at radius 3 is 2.88 bits per heavy atom. The summed E-state index contributed by atoms with van der Waals surface area (Å²) < 4.78 is 10.6. The molecule has 24 heavy (non-hydrogen) atoms. The van der Waals surface area contributed by atoms with Crippen molar-refractivity contribution in [2.45, 2.75) is 19.5 Å². The molecule has 1 aliphatic heterocycles. The van der Waals surface area contributed by atoms with E-state index in [0.717, 1.165) is 43.6 Å². The van der Waals surface area contributed by atoms with E-state index in [-0.39, 0.29) is 30.0 Å². The molecule has 2 N–H and O–H groups in total. The van der Waals surface area contributed by atoms with Gasteiger partial charge in [0.05, 0.1) is 19.8 Å². The van der Waals surface area contributed by atoms with E-state index in [4.69, 9.17) is 9.47 Å². The van der Waals surface area contributed by atoms with Gasteiger partial charge in [0.25, 0.3) is 0 Å². The van der Waals surface area contributed by atoms with Crippen LogP contribution in [0.2, 0.25) is 0 Å². The molecule has 7 nitrogen and oxygen atoms in total. The minimum Gasteiger partial charge on any atom is -0.383 e. The molecule has 2 rings (SSSR count). The normalized spacial score (nSPS) is 16.3. The molecule has 0 spiro atoms. The lowest BCUT2D eigenvalue weighted by Crippen LogP contribution is -2.44. The van der Waals surface area contributed by atoms with Gasteiger partial charge >= 0.3 is 0 Å². The largest absolute Gasteiger partial charge is 0.383 e. The average molecular weight is 449 g/mol. The SMILES string of the molecule is CN=C(NCc1cccnc1N1CCOCC1)NC(C)COC.I. The summed E-state index contributed by atoms with van der Waals surface area (Å²) in [6.45, 7) is 6.61. The van der Waals surface area contributed by atoms with Gasteiger partial charge in [0.2, 0.25) is 0 Å². The van der Waals surface area contributed by atoms with Crippen LogP contribution in [0.4, 0.5) is 5.82 Å². The summed E-state index contributed by atoms with van der Waals surface area (Å²) in [5.41, 5.74) is 1.15. The van der Waals surface area contributed by atoms with E-state index in [9.17, 15) is 0 Å². The fourth-order valence-electron chi connectivity index (χ4n) is 2.53. The summed E-state index contributed by atoms with van der Waals surface area (Å²) in [7, 11) is 3.46. The Kier molecular flexibility index (Phi) is 9.96. The van der Waals surface area contributed by atoms with Crippen molar-refractivity contribution in [2.24, 2.45) is 4.99 Å². The lowest BCUT2D eigenvalue weighted by Gasteiger charge is -2.29. The first-order chi connectivity index (χ1) is 11.2. The summed E-state index contributed by atoms with van der Waals surface area (Å²) >= 11 is 0. The number of aliphatic imine (C=N–C) groups is 1. The Bertz CT molecular complexity index is 509. The van der Waals surface area contributed by atoms with Gasteiger partial charge in [-0.1, -0.05) is 6.07 Å². The Labute approximate surface area is 161 Å². The van der Waals surface area contributed by atoms with Gasteiger partial charge in [-0.2, -0.15) is 0 Å². The Morgan fingerprint density at radius 2 is 2.21 bits per heavy atom. The van der Waals surface area contributed by atoms with Gasteiger partial charge in [-0.05, 0) is 13.0 Å². The molecule has 1 aromatic rings. The first-order valence-corrected chi connectivity index (χ1v) is 7.97. The van der Waals surface area contributed by atoms with Crippen LogP contribution in [-0.4, -0.2) is 64.1 Å². The second kappa shape index (κ2) is 11.4. The highest BCUT2D eigenvalue weighted by atomic mass is 127. The van der Waals surface area contributed by atoms with Crippen molar-refractivity contribution in [1.82, 2.24) is 15.6 Å². The highest BCUT2D eigenvalue weighted by Gasteiger charge is 2.16. The van der Waals surface area contributed by atoms with Gasteiger partial charge < -0.3 is 25.0 Å². The van der Waals surface area contributed by atoms with Crippen molar-refractivity contribution in [1.29, 1.82) is 0 Å². The highest BCUT2D eigenvalue weighted by Crippen LogP contribution is 2.18. The molecule has 0 aromatic carbocycles. The summed E-state index contributed by atoms with van der Waals surface area (Å²) in [5, 5.41) is 6.64. The summed E-state index contributed by atoms with van der Waals surface area (Å²) in [5.74, 6) is 1.77. The maximum atomic E-state index is 5.42. The number of hydrogen-bond acceptors (Lipinski definition) is 5. The standard InChI is InChI=1S/C16H27N5O2.HI/c1-13(12-22-3)20-16(17-2)19-11-14-5-4-6-18-15(14)21-7-9-23-10-8-21;/h4-6,13H,7-12H2,1-3H3,(H2,17,19,20);1H. The first kappa shape index (κ1) is 20.9. The second-order valence-corrected chi connectivity index (χ2v) is 5.51. The summed E-state index contributed by atoms with van der Waals surface area (Å²) in [6.07, 6.45) is 1.84. The number of methoxy groups -OCH3 is 1. The van der Waals surface area contributed by atoms with E-state index in [0.29, 0.717) is 13.2 Å².